The van der Waals surface area contributed by atoms with Crippen molar-refractivity contribution in [3.8, 4) is 0 Å². The molecule has 1 unspecified atom stereocenters. The van der Waals surface area contributed by atoms with Crippen LogP contribution in [0.3, 0.4) is 0 Å². The van der Waals surface area contributed by atoms with Gasteiger partial charge in [0.25, 0.3) is 5.91 Å². The van der Waals surface area contributed by atoms with Crippen LogP contribution in [0.2, 0.25) is 0 Å². The Kier molecular flexibility index (Phi) is 5.76. The SMILES string of the molecule is O=C(CN1CCC(c2c(C(=O)N3CCOCC3)sc3ccccc23)C1)N1CCCC1. The van der Waals surface area contributed by atoms with E-state index in [1.165, 1.54) is 15.6 Å². The van der Waals surface area contributed by atoms with E-state index in [1.807, 2.05) is 15.9 Å². The van der Waals surface area contributed by atoms with Gasteiger partial charge in [-0.1, -0.05) is 18.2 Å². The Labute approximate surface area is 181 Å². The summed E-state index contributed by atoms with van der Waals surface area (Å²) in [5.74, 6) is 0.696. The third kappa shape index (κ3) is 3.86. The van der Waals surface area contributed by atoms with Gasteiger partial charge >= 0.3 is 0 Å². The van der Waals surface area contributed by atoms with Crippen molar-refractivity contribution in [2.75, 3.05) is 59.0 Å². The number of hydrogen-bond donors (Lipinski definition) is 0. The largest absolute Gasteiger partial charge is 0.378 e. The van der Waals surface area contributed by atoms with Crippen LogP contribution in [0.25, 0.3) is 10.1 Å². The second kappa shape index (κ2) is 8.65. The van der Waals surface area contributed by atoms with Crippen LogP contribution in [0.1, 0.15) is 40.4 Å². The van der Waals surface area contributed by atoms with Crippen LogP contribution in [0.15, 0.2) is 24.3 Å². The summed E-state index contributed by atoms with van der Waals surface area (Å²) in [5.41, 5.74) is 1.20. The molecule has 1 aromatic heterocycles. The molecular weight excluding hydrogens is 398 g/mol. The lowest BCUT2D eigenvalue weighted by molar-refractivity contribution is -0.131. The van der Waals surface area contributed by atoms with Crippen LogP contribution < -0.4 is 0 Å². The molecule has 3 aliphatic rings. The first-order valence-electron chi connectivity index (χ1n) is 11.1. The summed E-state index contributed by atoms with van der Waals surface area (Å²) in [6, 6.07) is 8.37. The Morgan fingerprint density at radius 1 is 1.00 bits per heavy atom. The van der Waals surface area contributed by atoms with E-state index in [2.05, 4.69) is 23.1 Å². The maximum absolute atomic E-state index is 13.4. The molecule has 1 atom stereocenters. The van der Waals surface area contributed by atoms with Gasteiger partial charge in [0.05, 0.1) is 24.6 Å². The van der Waals surface area contributed by atoms with E-state index in [0.717, 1.165) is 50.3 Å². The van der Waals surface area contributed by atoms with Gasteiger partial charge in [0.15, 0.2) is 0 Å². The van der Waals surface area contributed by atoms with Crippen LogP contribution >= 0.6 is 11.3 Å². The smallest absolute Gasteiger partial charge is 0.264 e. The molecule has 4 heterocycles. The highest BCUT2D eigenvalue weighted by atomic mass is 32.1. The first kappa shape index (κ1) is 20.0. The monoisotopic (exact) mass is 427 g/mol. The minimum Gasteiger partial charge on any atom is -0.378 e. The molecule has 30 heavy (non-hydrogen) atoms. The first-order chi connectivity index (χ1) is 14.7. The Morgan fingerprint density at radius 2 is 1.77 bits per heavy atom. The summed E-state index contributed by atoms with van der Waals surface area (Å²) in [6.07, 6.45) is 3.25. The molecule has 2 amide bonds. The third-order valence-electron chi connectivity index (χ3n) is 6.62. The summed E-state index contributed by atoms with van der Waals surface area (Å²) in [6.45, 7) is 6.63. The molecule has 7 heteroatoms. The van der Waals surface area contributed by atoms with Crippen LogP contribution in [0.4, 0.5) is 0 Å². The third-order valence-corrected chi connectivity index (χ3v) is 7.80. The lowest BCUT2D eigenvalue weighted by Gasteiger charge is -2.27. The topological polar surface area (TPSA) is 53.1 Å². The summed E-state index contributed by atoms with van der Waals surface area (Å²) >= 11 is 1.62. The van der Waals surface area contributed by atoms with Gasteiger partial charge in [0, 0.05) is 43.3 Å². The number of hydrogen-bond acceptors (Lipinski definition) is 5. The van der Waals surface area contributed by atoms with E-state index in [0.29, 0.717) is 38.8 Å². The summed E-state index contributed by atoms with van der Waals surface area (Å²) in [4.78, 5) is 33.1. The number of fused-ring (bicyclic) bond motifs is 1. The van der Waals surface area contributed by atoms with Crippen LogP contribution in [-0.2, 0) is 9.53 Å². The minimum atomic E-state index is 0.140. The molecule has 3 aliphatic heterocycles. The van der Waals surface area contributed by atoms with Gasteiger partial charge in [-0.3, -0.25) is 14.5 Å². The fourth-order valence-corrected chi connectivity index (χ4v) is 6.27. The van der Waals surface area contributed by atoms with Gasteiger partial charge in [-0.15, -0.1) is 11.3 Å². The number of thiophene rings is 1. The number of rotatable bonds is 4. The van der Waals surface area contributed by atoms with Crippen molar-refractivity contribution >= 4 is 33.2 Å². The molecular formula is C23H29N3O3S. The Hall–Kier alpha value is -1.96. The van der Waals surface area contributed by atoms with Crippen LogP contribution in [0, 0.1) is 0 Å². The lowest BCUT2D eigenvalue weighted by Crippen LogP contribution is -2.40. The molecule has 1 aromatic carbocycles. The Morgan fingerprint density at radius 3 is 2.57 bits per heavy atom. The zero-order chi connectivity index (χ0) is 20.5. The number of carbonyl (C=O) groups is 2. The molecule has 5 rings (SSSR count). The van der Waals surface area contributed by atoms with Gasteiger partial charge in [-0.2, -0.15) is 0 Å². The molecule has 3 fully saturated rings. The van der Waals surface area contributed by atoms with Gasteiger partial charge in [0.2, 0.25) is 5.91 Å². The van der Waals surface area contributed by atoms with E-state index in [9.17, 15) is 9.59 Å². The maximum Gasteiger partial charge on any atom is 0.264 e. The number of morpholine rings is 1. The molecule has 0 radical (unpaired) electrons. The number of carbonyl (C=O) groups excluding carboxylic acids is 2. The van der Waals surface area contributed by atoms with Crippen molar-refractivity contribution in [3.05, 3.63) is 34.7 Å². The van der Waals surface area contributed by atoms with Crippen molar-refractivity contribution in [2.45, 2.75) is 25.2 Å². The fraction of sp³-hybridized carbons (Fsp3) is 0.565. The average molecular weight is 428 g/mol. The van der Waals surface area contributed by atoms with Crippen molar-refractivity contribution in [1.29, 1.82) is 0 Å². The lowest BCUT2D eigenvalue weighted by atomic mass is 9.94. The molecule has 0 N–H and O–H groups in total. The van der Waals surface area contributed by atoms with E-state index >= 15 is 0 Å². The van der Waals surface area contributed by atoms with Crippen LogP contribution in [0.5, 0.6) is 0 Å². The Bertz CT molecular complexity index is 931. The van der Waals surface area contributed by atoms with Crippen molar-refractivity contribution in [3.63, 3.8) is 0 Å². The zero-order valence-electron chi connectivity index (χ0n) is 17.3. The van der Waals surface area contributed by atoms with Crippen LogP contribution in [-0.4, -0.2) is 85.5 Å². The van der Waals surface area contributed by atoms with Crippen molar-refractivity contribution in [1.82, 2.24) is 14.7 Å². The zero-order valence-corrected chi connectivity index (χ0v) is 18.2. The molecule has 0 bridgehead atoms. The van der Waals surface area contributed by atoms with E-state index in [-0.39, 0.29) is 11.8 Å². The molecule has 0 spiro atoms. The van der Waals surface area contributed by atoms with Gasteiger partial charge < -0.3 is 14.5 Å². The Balaban J connectivity index is 1.38. The number of likely N-dealkylation sites (tertiary alicyclic amines) is 2. The van der Waals surface area contributed by atoms with Gasteiger partial charge in [0.1, 0.15) is 0 Å². The number of ether oxygens (including phenoxy) is 1. The number of nitrogens with zero attached hydrogens (tertiary/aromatic N) is 3. The highest BCUT2D eigenvalue weighted by molar-refractivity contribution is 7.21. The highest BCUT2D eigenvalue weighted by Crippen LogP contribution is 2.40. The molecule has 2 aromatic rings. The summed E-state index contributed by atoms with van der Waals surface area (Å²) < 4.78 is 6.61. The normalized spacial score (nSPS) is 22.9. The number of benzene rings is 1. The fourth-order valence-electron chi connectivity index (χ4n) is 5.01. The predicted octanol–water partition coefficient (Wildman–Crippen LogP) is 2.79. The summed E-state index contributed by atoms with van der Waals surface area (Å²) in [5, 5.41) is 1.21. The molecule has 0 saturated carbocycles. The minimum absolute atomic E-state index is 0.140. The first-order valence-corrected chi connectivity index (χ1v) is 11.9. The number of amides is 2. The molecule has 6 nitrogen and oxygen atoms in total. The maximum atomic E-state index is 13.4. The van der Waals surface area contributed by atoms with E-state index in [1.54, 1.807) is 11.3 Å². The highest BCUT2D eigenvalue weighted by Gasteiger charge is 2.33. The standard InChI is InChI=1S/C23H29N3O3S/c27-20(25-8-3-4-9-25)16-24-10-7-17(15-24)21-18-5-1-2-6-19(18)30-22(21)23(28)26-11-13-29-14-12-26/h1-2,5-6,17H,3-4,7-16H2. The van der Waals surface area contributed by atoms with Gasteiger partial charge in [-0.05, 0) is 42.8 Å². The second-order valence-electron chi connectivity index (χ2n) is 8.55. The molecule has 3 saturated heterocycles. The van der Waals surface area contributed by atoms with E-state index < -0.39 is 0 Å². The second-order valence-corrected chi connectivity index (χ2v) is 9.61. The molecule has 0 aliphatic carbocycles. The molecule has 160 valence electrons. The predicted molar refractivity (Wildman–Crippen MR) is 118 cm³/mol. The van der Waals surface area contributed by atoms with E-state index in [4.69, 9.17) is 4.74 Å². The van der Waals surface area contributed by atoms with Crippen molar-refractivity contribution < 1.29 is 14.3 Å². The van der Waals surface area contributed by atoms with Crippen molar-refractivity contribution in [2.24, 2.45) is 0 Å². The summed E-state index contributed by atoms with van der Waals surface area (Å²) in [7, 11) is 0. The average Bonchev–Trinajstić information content (AvgIpc) is 3.53. The quantitative estimate of drug-likeness (QED) is 0.753. The van der Waals surface area contributed by atoms with Gasteiger partial charge in [-0.25, -0.2) is 0 Å².